The van der Waals surface area contributed by atoms with E-state index in [0.717, 1.165) is 22.3 Å². The van der Waals surface area contributed by atoms with E-state index in [2.05, 4.69) is 29.6 Å². The number of rotatable bonds is 7. The molecule has 2 aromatic rings. The van der Waals surface area contributed by atoms with Crippen molar-refractivity contribution in [3.63, 3.8) is 0 Å². The summed E-state index contributed by atoms with van der Waals surface area (Å²) in [4.78, 5) is 38.3. The van der Waals surface area contributed by atoms with Crippen LogP contribution in [-0.2, 0) is 19.1 Å². The number of amides is 2. The van der Waals surface area contributed by atoms with E-state index in [1.165, 1.54) is 11.9 Å². The maximum Gasteiger partial charge on any atom is 0.407 e. The predicted octanol–water partition coefficient (Wildman–Crippen LogP) is 3.01. The Hall–Kier alpha value is -3.39. The van der Waals surface area contributed by atoms with Crippen LogP contribution in [0.5, 0.6) is 0 Å². The Morgan fingerprint density at radius 3 is 2.29 bits per heavy atom. The van der Waals surface area contributed by atoms with Crippen LogP contribution >= 0.6 is 0 Å². The number of alkyl carbamates (subject to hydrolysis) is 1. The molecule has 2 N–H and O–H groups in total. The van der Waals surface area contributed by atoms with Gasteiger partial charge in [-0.15, -0.1) is 0 Å². The van der Waals surface area contributed by atoms with Crippen LogP contribution in [0, 0.1) is 5.92 Å². The number of carboxylic acid groups (broad SMARTS) is 1. The number of fused-ring (bicyclic) bond motifs is 3. The SMILES string of the molecule is CN(C(=O)[C@@H]1OCC[C@@H]1CNC(=O)OCC1c2ccccc2-c2ccccc21)C1(C(=O)O)CC1. The van der Waals surface area contributed by atoms with Gasteiger partial charge in [0.25, 0.3) is 5.91 Å². The molecule has 178 valence electrons. The molecule has 1 aliphatic heterocycles. The number of ether oxygens (including phenoxy) is 2. The van der Waals surface area contributed by atoms with Gasteiger partial charge in [0.1, 0.15) is 18.2 Å². The maximum absolute atomic E-state index is 12.9. The Labute approximate surface area is 197 Å². The lowest BCUT2D eigenvalue weighted by atomic mass is 9.98. The Bertz CT molecular complexity index is 1080. The summed E-state index contributed by atoms with van der Waals surface area (Å²) >= 11 is 0. The molecule has 8 heteroatoms. The fourth-order valence-corrected chi connectivity index (χ4v) is 5.19. The molecule has 8 nitrogen and oxygen atoms in total. The number of benzene rings is 2. The summed E-state index contributed by atoms with van der Waals surface area (Å²) in [6.07, 6.45) is 0.182. The van der Waals surface area contributed by atoms with Crippen molar-refractivity contribution >= 4 is 18.0 Å². The van der Waals surface area contributed by atoms with Crippen molar-refractivity contribution in [1.82, 2.24) is 10.2 Å². The molecule has 0 radical (unpaired) electrons. The number of nitrogens with one attached hydrogen (secondary N) is 1. The first-order valence-electron chi connectivity index (χ1n) is 11.6. The van der Waals surface area contributed by atoms with Crippen molar-refractivity contribution in [2.45, 2.75) is 36.8 Å². The normalized spacial score (nSPS) is 21.9. The average molecular weight is 465 g/mol. The van der Waals surface area contributed by atoms with Crippen molar-refractivity contribution in [1.29, 1.82) is 0 Å². The highest BCUT2D eigenvalue weighted by molar-refractivity contribution is 5.91. The van der Waals surface area contributed by atoms with Crippen molar-refractivity contribution < 1.29 is 29.0 Å². The van der Waals surface area contributed by atoms with Gasteiger partial charge in [0, 0.05) is 32.0 Å². The van der Waals surface area contributed by atoms with Crippen LogP contribution in [0.15, 0.2) is 48.5 Å². The second kappa shape index (κ2) is 8.76. The van der Waals surface area contributed by atoms with Gasteiger partial charge < -0.3 is 24.8 Å². The van der Waals surface area contributed by atoms with E-state index >= 15 is 0 Å². The quantitative estimate of drug-likeness (QED) is 0.653. The summed E-state index contributed by atoms with van der Waals surface area (Å²) in [7, 11) is 1.52. The van der Waals surface area contributed by atoms with Gasteiger partial charge in [-0.05, 0) is 41.5 Å². The summed E-state index contributed by atoms with van der Waals surface area (Å²) in [5.41, 5.74) is 3.49. The molecule has 5 rings (SSSR count). The lowest BCUT2D eigenvalue weighted by molar-refractivity contribution is -0.156. The summed E-state index contributed by atoms with van der Waals surface area (Å²) < 4.78 is 11.2. The van der Waals surface area contributed by atoms with Gasteiger partial charge >= 0.3 is 12.1 Å². The molecule has 1 saturated heterocycles. The largest absolute Gasteiger partial charge is 0.479 e. The number of carboxylic acids is 1. The molecule has 2 aliphatic carbocycles. The Morgan fingerprint density at radius 1 is 1.09 bits per heavy atom. The van der Waals surface area contributed by atoms with E-state index in [0.29, 0.717) is 25.9 Å². The number of aliphatic carboxylic acids is 1. The molecule has 3 aliphatic rings. The first-order valence-corrected chi connectivity index (χ1v) is 11.6. The van der Waals surface area contributed by atoms with Gasteiger partial charge in [-0.25, -0.2) is 9.59 Å². The predicted molar refractivity (Wildman–Crippen MR) is 123 cm³/mol. The van der Waals surface area contributed by atoms with Crippen molar-refractivity contribution in [3.8, 4) is 11.1 Å². The van der Waals surface area contributed by atoms with Crippen molar-refractivity contribution in [3.05, 3.63) is 59.7 Å². The minimum absolute atomic E-state index is 0.0262. The van der Waals surface area contributed by atoms with Crippen LogP contribution in [0.4, 0.5) is 4.79 Å². The molecule has 1 heterocycles. The highest BCUT2D eigenvalue weighted by atomic mass is 16.5. The van der Waals surface area contributed by atoms with Gasteiger partial charge in [0.15, 0.2) is 0 Å². The molecular formula is C26H28N2O6. The number of nitrogens with zero attached hydrogens (tertiary/aromatic N) is 1. The monoisotopic (exact) mass is 464 g/mol. The van der Waals surface area contributed by atoms with Gasteiger partial charge in [0.05, 0.1) is 0 Å². The number of likely N-dealkylation sites (N-methyl/N-ethyl adjacent to an activating group) is 1. The van der Waals surface area contributed by atoms with E-state index in [-0.39, 0.29) is 30.9 Å². The standard InChI is InChI=1S/C26H28N2O6/c1-28(26(11-12-26)24(30)31)23(29)22-16(10-13-33-22)14-27-25(32)34-15-21-19-8-4-2-6-17(19)18-7-3-5-9-20(18)21/h2-9,16,21-22H,10-15H2,1H3,(H,27,32)(H,30,31)/t16-,22-/m1/s1. The molecular weight excluding hydrogens is 436 g/mol. The van der Waals surface area contributed by atoms with Crippen molar-refractivity contribution in [2.75, 3.05) is 26.8 Å². The van der Waals surface area contributed by atoms with Gasteiger partial charge in [0.2, 0.25) is 0 Å². The second-order valence-electron chi connectivity index (χ2n) is 9.28. The summed E-state index contributed by atoms with van der Waals surface area (Å²) in [5, 5.41) is 12.2. The third-order valence-corrected chi connectivity index (χ3v) is 7.40. The fourth-order valence-electron chi connectivity index (χ4n) is 5.19. The highest BCUT2D eigenvalue weighted by Gasteiger charge is 2.57. The molecule has 0 unspecified atom stereocenters. The Kier molecular flexibility index (Phi) is 5.77. The molecule has 2 fully saturated rings. The minimum Gasteiger partial charge on any atom is -0.479 e. The zero-order valence-corrected chi connectivity index (χ0v) is 19.0. The van der Waals surface area contributed by atoms with Crippen LogP contribution in [-0.4, -0.2) is 66.4 Å². The summed E-state index contributed by atoms with van der Waals surface area (Å²) in [6.45, 7) is 0.829. The Balaban J connectivity index is 1.17. The number of hydrogen-bond donors (Lipinski definition) is 2. The molecule has 0 bridgehead atoms. The van der Waals surface area contributed by atoms with Crippen LogP contribution in [0.3, 0.4) is 0 Å². The first-order chi connectivity index (χ1) is 16.4. The molecule has 2 amide bonds. The van der Waals surface area contributed by atoms with E-state index in [9.17, 15) is 19.5 Å². The van der Waals surface area contributed by atoms with Gasteiger partial charge in [-0.2, -0.15) is 0 Å². The number of carbonyl (C=O) groups is 3. The van der Waals surface area contributed by atoms with Gasteiger partial charge in [-0.1, -0.05) is 48.5 Å². The summed E-state index contributed by atoms with van der Waals surface area (Å²) in [5.74, 6) is -1.60. The topological polar surface area (TPSA) is 105 Å². The third-order valence-electron chi connectivity index (χ3n) is 7.40. The average Bonchev–Trinajstić information content (AvgIpc) is 3.43. The van der Waals surface area contributed by atoms with Crippen LogP contribution in [0.1, 0.15) is 36.3 Å². The molecule has 2 atom stereocenters. The Morgan fingerprint density at radius 2 is 1.71 bits per heavy atom. The van der Waals surface area contributed by atoms with Crippen molar-refractivity contribution in [2.24, 2.45) is 5.92 Å². The van der Waals surface area contributed by atoms with E-state index < -0.39 is 23.7 Å². The maximum atomic E-state index is 12.9. The van der Waals surface area contributed by atoms with Gasteiger partial charge in [-0.3, -0.25) is 4.79 Å². The smallest absolute Gasteiger partial charge is 0.407 e. The fraction of sp³-hybridized carbons (Fsp3) is 0.423. The zero-order valence-electron chi connectivity index (χ0n) is 19.0. The van der Waals surface area contributed by atoms with Crippen LogP contribution < -0.4 is 5.32 Å². The molecule has 0 aromatic heterocycles. The minimum atomic E-state index is -1.12. The molecule has 0 spiro atoms. The molecule has 2 aromatic carbocycles. The number of carbonyl (C=O) groups excluding carboxylic acids is 2. The lowest BCUT2D eigenvalue weighted by Crippen LogP contribution is -2.51. The van der Waals surface area contributed by atoms with Crippen LogP contribution in [0.2, 0.25) is 0 Å². The van der Waals surface area contributed by atoms with E-state index in [1.54, 1.807) is 0 Å². The van der Waals surface area contributed by atoms with Crippen LogP contribution in [0.25, 0.3) is 11.1 Å². The number of hydrogen-bond acceptors (Lipinski definition) is 5. The highest BCUT2D eigenvalue weighted by Crippen LogP contribution is 2.44. The first kappa shape index (κ1) is 22.4. The van der Waals surface area contributed by atoms with E-state index in [4.69, 9.17) is 9.47 Å². The third kappa shape index (κ3) is 3.81. The lowest BCUT2D eigenvalue weighted by Gasteiger charge is -2.29. The molecule has 34 heavy (non-hydrogen) atoms. The second-order valence-corrected chi connectivity index (χ2v) is 9.28. The summed E-state index contributed by atoms with van der Waals surface area (Å²) in [6, 6.07) is 16.3. The molecule has 1 saturated carbocycles. The zero-order chi connectivity index (χ0) is 23.9. The van der Waals surface area contributed by atoms with E-state index in [1.807, 2.05) is 24.3 Å².